The molecular weight excluding hydrogens is 330 g/mol. The molecule has 3 aromatic heterocycles. The Morgan fingerprint density at radius 3 is 2.89 bits per heavy atom. The Morgan fingerprint density at radius 2 is 2.06 bits per heavy atom. The van der Waals surface area contributed by atoms with E-state index in [4.69, 9.17) is 0 Å². The molecule has 0 unspecified atom stereocenters. The lowest BCUT2D eigenvalue weighted by Crippen LogP contribution is -1.77. The topological polar surface area (TPSA) is 30.2 Å². The van der Waals surface area contributed by atoms with Crippen LogP contribution < -0.4 is 0 Å². The van der Waals surface area contributed by atoms with Gasteiger partial charge in [-0.05, 0) is 33.4 Å². The van der Waals surface area contributed by atoms with Gasteiger partial charge >= 0.3 is 0 Å². The summed E-state index contributed by atoms with van der Waals surface area (Å²) < 4.78 is 3.96. The first kappa shape index (κ1) is 10.7. The molecule has 0 amide bonds. The fraction of sp³-hybridized carbons (Fsp3) is 0. The summed E-state index contributed by atoms with van der Waals surface area (Å²) >= 11 is 6.66. The third kappa shape index (κ3) is 1.60. The number of benzene rings is 1. The van der Waals surface area contributed by atoms with Gasteiger partial charge in [0, 0.05) is 4.70 Å². The third-order valence-electron chi connectivity index (χ3n) is 2.70. The molecular formula is C12H6BrN3S2. The van der Waals surface area contributed by atoms with Crippen molar-refractivity contribution in [2.75, 3.05) is 0 Å². The highest BCUT2D eigenvalue weighted by Crippen LogP contribution is 2.33. The standard InChI is InChI=1S/C12H6BrN3S2/c13-11-15-16-6-8(14-12(16)18-11)10-5-7-3-1-2-4-9(7)17-10/h1-6H. The molecule has 0 spiro atoms. The number of halogens is 1. The lowest BCUT2D eigenvalue weighted by atomic mass is 10.2. The van der Waals surface area contributed by atoms with E-state index in [1.54, 1.807) is 11.3 Å². The summed E-state index contributed by atoms with van der Waals surface area (Å²) in [6, 6.07) is 10.6. The van der Waals surface area contributed by atoms with Crippen LogP contribution in [0.25, 0.3) is 25.6 Å². The van der Waals surface area contributed by atoms with Crippen molar-refractivity contribution in [2.24, 2.45) is 0 Å². The van der Waals surface area contributed by atoms with E-state index >= 15 is 0 Å². The molecule has 0 aliphatic carbocycles. The highest BCUT2D eigenvalue weighted by molar-refractivity contribution is 9.11. The SMILES string of the molecule is Brc1nn2cc(-c3cc4ccccc4s3)nc2s1. The van der Waals surface area contributed by atoms with Crippen LogP contribution in [0.2, 0.25) is 0 Å². The molecule has 0 saturated heterocycles. The normalized spacial score (nSPS) is 11.6. The number of hydrogen-bond donors (Lipinski definition) is 0. The molecule has 3 nitrogen and oxygen atoms in total. The van der Waals surface area contributed by atoms with Gasteiger partial charge in [-0.1, -0.05) is 29.5 Å². The van der Waals surface area contributed by atoms with E-state index in [-0.39, 0.29) is 0 Å². The van der Waals surface area contributed by atoms with Crippen LogP contribution in [0.15, 0.2) is 40.4 Å². The Balaban J connectivity index is 1.92. The summed E-state index contributed by atoms with van der Waals surface area (Å²) in [4.78, 5) is 6.70. The molecule has 4 rings (SSSR count). The molecule has 0 atom stereocenters. The van der Waals surface area contributed by atoms with Crippen molar-refractivity contribution < 1.29 is 0 Å². The van der Waals surface area contributed by atoms with E-state index in [0.29, 0.717) is 0 Å². The van der Waals surface area contributed by atoms with Crippen molar-refractivity contribution in [2.45, 2.75) is 0 Å². The summed E-state index contributed by atoms with van der Waals surface area (Å²) in [5.74, 6) is 0. The number of rotatable bonds is 1. The van der Waals surface area contributed by atoms with Crippen LogP contribution in [-0.4, -0.2) is 14.6 Å². The van der Waals surface area contributed by atoms with Crippen LogP contribution in [0.3, 0.4) is 0 Å². The third-order valence-corrected chi connectivity index (χ3v) is 5.19. The minimum absolute atomic E-state index is 0.855. The molecule has 0 saturated carbocycles. The van der Waals surface area contributed by atoms with Crippen molar-refractivity contribution in [3.05, 3.63) is 40.4 Å². The van der Waals surface area contributed by atoms with E-state index in [9.17, 15) is 0 Å². The molecule has 3 heterocycles. The Labute approximate surface area is 119 Å². The molecule has 0 bridgehead atoms. The zero-order valence-corrected chi connectivity index (χ0v) is 12.2. The van der Waals surface area contributed by atoms with Crippen LogP contribution in [0.4, 0.5) is 0 Å². The monoisotopic (exact) mass is 335 g/mol. The maximum Gasteiger partial charge on any atom is 0.213 e. The Bertz CT molecular complexity index is 794. The molecule has 6 heteroatoms. The molecule has 0 aliphatic rings. The van der Waals surface area contributed by atoms with Crippen LogP contribution in [0.1, 0.15) is 0 Å². The second-order valence-corrected chi connectivity index (χ2v) is 7.17. The summed E-state index contributed by atoms with van der Waals surface area (Å²) in [7, 11) is 0. The number of imidazole rings is 1. The Hall–Kier alpha value is -1.24. The van der Waals surface area contributed by atoms with E-state index in [0.717, 1.165) is 14.6 Å². The first-order chi connectivity index (χ1) is 8.79. The fourth-order valence-corrected chi connectivity index (χ4v) is 4.14. The van der Waals surface area contributed by atoms with Crippen LogP contribution in [0.5, 0.6) is 0 Å². The molecule has 0 N–H and O–H groups in total. The predicted molar refractivity (Wildman–Crippen MR) is 79.4 cm³/mol. The average molecular weight is 336 g/mol. The van der Waals surface area contributed by atoms with Gasteiger partial charge in [0.1, 0.15) is 5.69 Å². The zero-order chi connectivity index (χ0) is 12.1. The second-order valence-electron chi connectivity index (χ2n) is 3.86. The molecule has 0 fully saturated rings. The number of fused-ring (bicyclic) bond motifs is 2. The molecule has 1 aromatic carbocycles. The predicted octanol–water partition coefficient (Wildman–Crippen LogP) is 4.44. The number of nitrogens with zero attached hydrogens (tertiary/aromatic N) is 3. The van der Waals surface area contributed by atoms with Crippen molar-refractivity contribution in [3.63, 3.8) is 0 Å². The number of hydrogen-bond acceptors (Lipinski definition) is 4. The Kier molecular flexibility index (Phi) is 2.30. The average Bonchev–Trinajstić information content (AvgIpc) is 2.98. The summed E-state index contributed by atoms with van der Waals surface area (Å²) in [5, 5.41) is 5.57. The largest absolute Gasteiger partial charge is 0.217 e. The van der Waals surface area contributed by atoms with E-state index in [1.807, 2.05) is 10.7 Å². The van der Waals surface area contributed by atoms with Crippen molar-refractivity contribution in [1.82, 2.24) is 14.6 Å². The van der Waals surface area contributed by atoms with Gasteiger partial charge in [-0.25, -0.2) is 9.50 Å². The Morgan fingerprint density at radius 1 is 1.17 bits per heavy atom. The number of thiophene rings is 1. The van der Waals surface area contributed by atoms with Crippen LogP contribution in [0, 0.1) is 0 Å². The lowest BCUT2D eigenvalue weighted by molar-refractivity contribution is 0.959. The van der Waals surface area contributed by atoms with Crippen molar-refractivity contribution in [1.29, 1.82) is 0 Å². The first-order valence-corrected chi connectivity index (χ1v) is 7.73. The molecule has 88 valence electrons. The van der Waals surface area contributed by atoms with E-state index < -0.39 is 0 Å². The quantitative estimate of drug-likeness (QED) is 0.515. The van der Waals surface area contributed by atoms with Crippen molar-refractivity contribution >= 4 is 53.7 Å². The maximum absolute atomic E-state index is 4.60. The van der Waals surface area contributed by atoms with Gasteiger partial charge in [0.05, 0.1) is 11.1 Å². The first-order valence-electron chi connectivity index (χ1n) is 5.30. The highest BCUT2D eigenvalue weighted by atomic mass is 79.9. The summed E-state index contributed by atoms with van der Waals surface area (Å²) in [6.45, 7) is 0. The molecule has 4 aromatic rings. The van der Waals surface area contributed by atoms with E-state index in [2.05, 4.69) is 56.3 Å². The second kappa shape index (κ2) is 3.88. The number of aromatic nitrogens is 3. The minimum Gasteiger partial charge on any atom is -0.217 e. The maximum atomic E-state index is 4.60. The lowest BCUT2D eigenvalue weighted by Gasteiger charge is -1.85. The minimum atomic E-state index is 0.855. The van der Waals surface area contributed by atoms with Crippen LogP contribution >= 0.6 is 38.6 Å². The highest BCUT2D eigenvalue weighted by Gasteiger charge is 2.10. The zero-order valence-electron chi connectivity index (χ0n) is 9.00. The smallest absolute Gasteiger partial charge is 0.213 e. The summed E-state index contributed by atoms with van der Waals surface area (Å²) in [6.07, 6.45) is 1.97. The van der Waals surface area contributed by atoms with Gasteiger partial charge in [-0.2, -0.15) is 0 Å². The van der Waals surface area contributed by atoms with Crippen molar-refractivity contribution in [3.8, 4) is 10.6 Å². The summed E-state index contributed by atoms with van der Waals surface area (Å²) in [5.41, 5.74) is 0.988. The van der Waals surface area contributed by atoms with Gasteiger partial charge in [-0.15, -0.1) is 16.4 Å². The molecule has 0 aliphatic heterocycles. The van der Waals surface area contributed by atoms with Gasteiger partial charge in [0.2, 0.25) is 4.96 Å². The molecule has 18 heavy (non-hydrogen) atoms. The molecule has 0 radical (unpaired) electrons. The fourth-order valence-electron chi connectivity index (χ4n) is 1.90. The van der Waals surface area contributed by atoms with Gasteiger partial charge in [-0.3, -0.25) is 0 Å². The van der Waals surface area contributed by atoms with Crippen LogP contribution in [-0.2, 0) is 0 Å². The van der Waals surface area contributed by atoms with Gasteiger partial charge < -0.3 is 0 Å². The van der Waals surface area contributed by atoms with Gasteiger partial charge in [0.15, 0.2) is 3.92 Å². The van der Waals surface area contributed by atoms with Gasteiger partial charge in [0.25, 0.3) is 0 Å². The van der Waals surface area contributed by atoms with E-state index in [1.165, 1.54) is 26.3 Å².